The van der Waals surface area contributed by atoms with Crippen molar-refractivity contribution in [1.82, 2.24) is 5.32 Å². The molecule has 0 amide bonds. The van der Waals surface area contributed by atoms with E-state index >= 15 is 0 Å². The molecule has 0 aliphatic heterocycles. The average Bonchev–Trinajstić information content (AvgIpc) is 2.30. The Morgan fingerprint density at radius 1 is 1.41 bits per heavy atom. The molecule has 17 heavy (non-hydrogen) atoms. The predicted molar refractivity (Wildman–Crippen MR) is 65.8 cm³/mol. The molecule has 2 N–H and O–H groups in total. The minimum absolute atomic E-state index is 0.277. The predicted octanol–water partition coefficient (Wildman–Crippen LogP) is 0.561. The van der Waals surface area contributed by atoms with Gasteiger partial charge >= 0.3 is 5.97 Å². The van der Waals surface area contributed by atoms with E-state index < -0.39 is 6.10 Å². The fraction of sp³-hybridized carbons (Fsp3) is 0.917. The van der Waals surface area contributed by atoms with E-state index in [1.54, 1.807) is 0 Å². The maximum atomic E-state index is 11.5. The highest BCUT2D eigenvalue weighted by molar-refractivity contribution is 5.75. The molecule has 0 aliphatic rings. The zero-order valence-corrected chi connectivity index (χ0v) is 11.2. The lowest BCUT2D eigenvalue weighted by atomic mass is 10.0. The first-order valence-corrected chi connectivity index (χ1v) is 6.08. The van der Waals surface area contributed by atoms with E-state index in [0.717, 1.165) is 0 Å². The van der Waals surface area contributed by atoms with Crippen LogP contribution in [-0.4, -0.2) is 50.1 Å². The molecular weight excluding hydrogens is 222 g/mol. The second-order valence-electron chi connectivity index (χ2n) is 4.43. The lowest BCUT2D eigenvalue weighted by Gasteiger charge is -2.20. The van der Waals surface area contributed by atoms with Crippen LogP contribution in [0.25, 0.3) is 0 Å². The summed E-state index contributed by atoms with van der Waals surface area (Å²) in [4.78, 5) is 11.5. The number of hydrogen-bond acceptors (Lipinski definition) is 5. The number of aliphatic hydroxyl groups excluding tert-OH is 1. The van der Waals surface area contributed by atoms with E-state index in [1.165, 1.54) is 7.11 Å². The first kappa shape index (κ1) is 16.4. The van der Waals surface area contributed by atoms with E-state index in [1.807, 2.05) is 20.8 Å². The number of aliphatic hydroxyl groups is 1. The maximum absolute atomic E-state index is 11.5. The van der Waals surface area contributed by atoms with Crippen LogP contribution < -0.4 is 5.32 Å². The third kappa shape index (κ3) is 8.12. The standard InChI is InChI=1S/C12H25NO4/c1-5-17-8-10(14)7-13-11(6-9(2)3)12(15)16-4/h9-11,13-14H,5-8H2,1-4H3. The highest BCUT2D eigenvalue weighted by Crippen LogP contribution is 2.06. The van der Waals surface area contributed by atoms with Crippen LogP contribution in [-0.2, 0) is 14.3 Å². The minimum Gasteiger partial charge on any atom is -0.468 e. The first-order valence-electron chi connectivity index (χ1n) is 6.08. The topological polar surface area (TPSA) is 67.8 Å². The third-order valence-electron chi connectivity index (χ3n) is 2.31. The van der Waals surface area contributed by atoms with Gasteiger partial charge in [-0.3, -0.25) is 4.79 Å². The Morgan fingerprint density at radius 2 is 2.06 bits per heavy atom. The van der Waals surface area contributed by atoms with Gasteiger partial charge in [-0.1, -0.05) is 13.8 Å². The number of esters is 1. The smallest absolute Gasteiger partial charge is 0.322 e. The van der Waals surface area contributed by atoms with E-state index in [2.05, 4.69) is 5.32 Å². The van der Waals surface area contributed by atoms with Crippen molar-refractivity contribution in [3.05, 3.63) is 0 Å². The molecule has 0 radical (unpaired) electrons. The normalized spacial score (nSPS) is 14.7. The highest BCUT2D eigenvalue weighted by atomic mass is 16.5. The van der Waals surface area contributed by atoms with Crippen molar-refractivity contribution in [3.63, 3.8) is 0 Å². The summed E-state index contributed by atoms with van der Waals surface area (Å²) in [6.45, 7) is 7.12. The largest absolute Gasteiger partial charge is 0.468 e. The number of ether oxygens (including phenoxy) is 2. The van der Waals surface area contributed by atoms with Crippen molar-refractivity contribution in [2.45, 2.75) is 39.3 Å². The molecule has 0 aromatic heterocycles. The van der Waals surface area contributed by atoms with Crippen molar-refractivity contribution >= 4 is 5.97 Å². The van der Waals surface area contributed by atoms with Gasteiger partial charge in [-0.05, 0) is 19.3 Å². The second kappa shape index (κ2) is 9.39. The molecule has 0 fully saturated rings. The minimum atomic E-state index is -0.603. The lowest BCUT2D eigenvalue weighted by Crippen LogP contribution is -2.43. The number of rotatable bonds is 9. The van der Waals surface area contributed by atoms with Crippen LogP contribution >= 0.6 is 0 Å². The van der Waals surface area contributed by atoms with Gasteiger partial charge in [0.05, 0.1) is 19.8 Å². The zero-order valence-electron chi connectivity index (χ0n) is 11.2. The molecule has 0 aromatic rings. The molecule has 0 bridgehead atoms. The molecule has 2 atom stereocenters. The van der Waals surface area contributed by atoms with Gasteiger partial charge in [-0.15, -0.1) is 0 Å². The maximum Gasteiger partial charge on any atom is 0.322 e. The van der Waals surface area contributed by atoms with Crippen LogP contribution in [0, 0.1) is 5.92 Å². The number of carbonyl (C=O) groups excluding carboxylic acids is 1. The van der Waals surface area contributed by atoms with E-state index in [0.29, 0.717) is 25.5 Å². The molecule has 5 nitrogen and oxygen atoms in total. The van der Waals surface area contributed by atoms with Gasteiger partial charge in [0.15, 0.2) is 0 Å². The van der Waals surface area contributed by atoms with Crippen LogP contribution in [0.4, 0.5) is 0 Å². The Balaban J connectivity index is 4.02. The van der Waals surface area contributed by atoms with Crippen LogP contribution in [0.5, 0.6) is 0 Å². The summed E-state index contributed by atoms with van der Waals surface area (Å²) in [6.07, 6.45) is 0.0860. The molecule has 102 valence electrons. The molecule has 0 saturated carbocycles. The second-order valence-corrected chi connectivity index (χ2v) is 4.43. The molecule has 2 unspecified atom stereocenters. The molecular formula is C12H25NO4. The molecule has 0 heterocycles. The van der Waals surface area contributed by atoms with Gasteiger partial charge in [0.2, 0.25) is 0 Å². The molecule has 0 rings (SSSR count). The Kier molecular flexibility index (Phi) is 9.03. The van der Waals surface area contributed by atoms with Gasteiger partial charge in [0, 0.05) is 13.2 Å². The Bertz CT molecular complexity index is 209. The molecule has 0 aromatic carbocycles. The zero-order chi connectivity index (χ0) is 13.3. The van der Waals surface area contributed by atoms with Crippen molar-refractivity contribution in [1.29, 1.82) is 0 Å². The molecule has 0 aliphatic carbocycles. The molecule has 5 heteroatoms. The van der Waals surface area contributed by atoms with Crippen molar-refractivity contribution in [2.24, 2.45) is 5.92 Å². The van der Waals surface area contributed by atoms with E-state index in [4.69, 9.17) is 9.47 Å². The fourth-order valence-electron chi connectivity index (χ4n) is 1.47. The fourth-order valence-corrected chi connectivity index (χ4v) is 1.47. The average molecular weight is 247 g/mol. The SMILES string of the molecule is CCOCC(O)CNC(CC(C)C)C(=O)OC. The summed E-state index contributed by atoms with van der Waals surface area (Å²) in [5.74, 6) is 0.0953. The Morgan fingerprint density at radius 3 is 2.53 bits per heavy atom. The summed E-state index contributed by atoms with van der Waals surface area (Å²) < 4.78 is 9.80. The van der Waals surface area contributed by atoms with E-state index in [9.17, 15) is 9.90 Å². The lowest BCUT2D eigenvalue weighted by molar-refractivity contribution is -0.143. The number of nitrogens with one attached hydrogen (secondary N) is 1. The first-order chi connectivity index (χ1) is 8.01. The van der Waals surface area contributed by atoms with Crippen molar-refractivity contribution < 1.29 is 19.4 Å². The third-order valence-corrected chi connectivity index (χ3v) is 2.31. The van der Waals surface area contributed by atoms with Crippen LogP contribution in [0.1, 0.15) is 27.2 Å². The van der Waals surface area contributed by atoms with Gasteiger partial charge < -0.3 is 19.9 Å². The molecule has 0 saturated heterocycles. The summed E-state index contributed by atoms with van der Waals surface area (Å²) in [5, 5.41) is 12.6. The summed E-state index contributed by atoms with van der Waals surface area (Å²) in [7, 11) is 1.37. The number of carbonyl (C=O) groups is 1. The van der Waals surface area contributed by atoms with Gasteiger partial charge in [0.1, 0.15) is 6.04 Å². The summed E-state index contributed by atoms with van der Waals surface area (Å²) >= 11 is 0. The van der Waals surface area contributed by atoms with E-state index in [-0.39, 0.29) is 18.6 Å². The van der Waals surface area contributed by atoms with Crippen molar-refractivity contribution in [3.8, 4) is 0 Å². The number of hydrogen-bond donors (Lipinski definition) is 2. The quantitative estimate of drug-likeness (QED) is 0.583. The van der Waals surface area contributed by atoms with Crippen LogP contribution in [0.2, 0.25) is 0 Å². The van der Waals surface area contributed by atoms with Gasteiger partial charge in [-0.25, -0.2) is 0 Å². The van der Waals surface area contributed by atoms with Crippen LogP contribution in [0.15, 0.2) is 0 Å². The molecule has 0 spiro atoms. The Hall–Kier alpha value is -0.650. The summed E-state index contributed by atoms with van der Waals surface area (Å²) in [6, 6.07) is -0.365. The van der Waals surface area contributed by atoms with Crippen LogP contribution in [0.3, 0.4) is 0 Å². The summed E-state index contributed by atoms with van der Waals surface area (Å²) in [5.41, 5.74) is 0. The van der Waals surface area contributed by atoms with Crippen molar-refractivity contribution in [2.75, 3.05) is 26.9 Å². The van der Waals surface area contributed by atoms with Gasteiger partial charge in [-0.2, -0.15) is 0 Å². The van der Waals surface area contributed by atoms with Gasteiger partial charge in [0.25, 0.3) is 0 Å². The highest BCUT2D eigenvalue weighted by Gasteiger charge is 2.20. The monoisotopic (exact) mass is 247 g/mol. The number of methoxy groups -OCH3 is 1. The Labute approximate surface area is 103 Å².